The average Bonchev–Trinajstić information content (AvgIpc) is 2.77. The third kappa shape index (κ3) is 4.99. The minimum Gasteiger partial charge on any atom is -0.496 e. The quantitative estimate of drug-likeness (QED) is 0.706. The van der Waals surface area contributed by atoms with E-state index in [0.29, 0.717) is 31.7 Å². The van der Waals surface area contributed by atoms with Gasteiger partial charge in [0.05, 0.1) is 19.1 Å². The highest BCUT2D eigenvalue weighted by molar-refractivity contribution is 5.85. The molecule has 1 fully saturated rings. The first-order valence-corrected chi connectivity index (χ1v) is 10.5. The Balaban J connectivity index is 1.86. The fraction of sp³-hybridized carbons (Fsp3) is 0.417. The van der Waals surface area contributed by atoms with Crippen LogP contribution in [-0.2, 0) is 16.1 Å². The molecule has 6 heteroatoms. The molecule has 160 valence electrons. The van der Waals surface area contributed by atoms with Crippen LogP contribution in [0.3, 0.4) is 0 Å². The van der Waals surface area contributed by atoms with Gasteiger partial charge in [-0.25, -0.2) is 4.39 Å². The number of carbonyl (C=O) groups is 2. The van der Waals surface area contributed by atoms with Crippen LogP contribution in [0.25, 0.3) is 0 Å². The molecule has 0 aliphatic carbocycles. The number of para-hydroxylation sites is 1. The molecule has 0 spiro atoms. The van der Waals surface area contributed by atoms with Crippen LogP contribution in [0.15, 0.2) is 48.5 Å². The zero-order chi connectivity index (χ0) is 21.5. The summed E-state index contributed by atoms with van der Waals surface area (Å²) in [4.78, 5) is 27.8. The number of ether oxygens (including phenoxy) is 1. The van der Waals surface area contributed by atoms with Crippen molar-refractivity contribution in [3.63, 3.8) is 0 Å². The predicted molar refractivity (Wildman–Crippen MR) is 113 cm³/mol. The normalized spacial score (nSPS) is 18.9. The summed E-state index contributed by atoms with van der Waals surface area (Å²) in [5.74, 6) is -0.0452. The number of benzene rings is 2. The third-order valence-corrected chi connectivity index (χ3v) is 5.63. The van der Waals surface area contributed by atoms with E-state index >= 15 is 0 Å². The number of hydrogen-bond donors (Lipinski definition) is 1. The van der Waals surface area contributed by atoms with Gasteiger partial charge in [-0.15, -0.1) is 0 Å². The standard InChI is InChI=1S/C24H29FN2O3/c1-3-4-15-27-22(28)14-13-20(23(27)19-7-5-6-8-21(19)30-2)24(29)26-16-17-9-11-18(25)12-10-17/h5-12,20,23H,3-4,13-16H2,1-2H3,(H,26,29). The zero-order valence-corrected chi connectivity index (χ0v) is 17.6. The Hall–Kier alpha value is -2.89. The third-order valence-electron chi connectivity index (χ3n) is 5.63. The van der Waals surface area contributed by atoms with Crippen molar-refractivity contribution in [2.24, 2.45) is 5.92 Å². The van der Waals surface area contributed by atoms with Gasteiger partial charge in [0.15, 0.2) is 0 Å². The number of carbonyl (C=O) groups excluding carboxylic acids is 2. The van der Waals surface area contributed by atoms with E-state index in [2.05, 4.69) is 12.2 Å². The van der Waals surface area contributed by atoms with E-state index in [1.54, 1.807) is 19.2 Å². The van der Waals surface area contributed by atoms with E-state index in [1.165, 1.54) is 12.1 Å². The lowest BCUT2D eigenvalue weighted by molar-refractivity contribution is -0.143. The van der Waals surface area contributed by atoms with Gasteiger partial charge in [-0.1, -0.05) is 43.7 Å². The number of methoxy groups -OCH3 is 1. The highest BCUT2D eigenvalue weighted by Gasteiger charge is 2.41. The SMILES string of the molecule is CCCCN1C(=O)CCC(C(=O)NCc2ccc(F)cc2)C1c1ccccc1OC. The molecule has 0 radical (unpaired) electrons. The molecule has 2 atom stereocenters. The number of nitrogens with zero attached hydrogens (tertiary/aromatic N) is 1. The molecule has 5 nitrogen and oxygen atoms in total. The molecule has 3 rings (SSSR count). The number of likely N-dealkylation sites (tertiary alicyclic amines) is 1. The molecule has 1 aliphatic rings. The van der Waals surface area contributed by atoms with Gasteiger partial charge in [0.25, 0.3) is 0 Å². The minimum atomic E-state index is -0.378. The summed E-state index contributed by atoms with van der Waals surface area (Å²) in [6.07, 6.45) is 2.68. The lowest BCUT2D eigenvalue weighted by atomic mass is 9.83. The fourth-order valence-electron chi connectivity index (χ4n) is 4.04. The first-order chi connectivity index (χ1) is 14.5. The Morgan fingerprint density at radius 3 is 2.63 bits per heavy atom. The molecule has 0 saturated carbocycles. The molecule has 1 N–H and O–H groups in total. The van der Waals surface area contributed by atoms with E-state index in [0.717, 1.165) is 24.0 Å². The van der Waals surface area contributed by atoms with Crippen LogP contribution < -0.4 is 10.1 Å². The number of halogens is 1. The van der Waals surface area contributed by atoms with Crippen molar-refractivity contribution in [3.8, 4) is 5.75 Å². The first-order valence-electron chi connectivity index (χ1n) is 10.5. The van der Waals surface area contributed by atoms with E-state index in [-0.39, 0.29) is 29.6 Å². The summed E-state index contributed by atoms with van der Waals surface area (Å²) in [6, 6.07) is 13.3. The smallest absolute Gasteiger partial charge is 0.225 e. The maximum atomic E-state index is 13.2. The average molecular weight is 413 g/mol. The number of rotatable bonds is 8. The van der Waals surface area contributed by atoms with Crippen LogP contribution in [0.5, 0.6) is 5.75 Å². The number of hydrogen-bond acceptors (Lipinski definition) is 3. The molecule has 1 saturated heterocycles. The largest absolute Gasteiger partial charge is 0.496 e. The molecule has 30 heavy (non-hydrogen) atoms. The molecule has 2 aromatic rings. The van der Waals surface area contributed by atoms with Crippen LogP contribution in [0.1, 0.15) is 49.8 Å². The molecule has 2 unspecified atom stereocenters. The first kappa shape index (κ1) is 21.8. The van der Waals surface area contributed by atoms with Gasteiger partial charge in [0.2, 0.25) is 11.8 Å². The van der Waals surface area contributed by atoms with Crippen LogP contribution in [-0.4, -0.2) is 30.4 Å². The highest BCUT2D eigenvalue weighted by Crippen LogP contribution is 2.40. The lowest BCUT2D eigenvalue weighted by Gasteiger charge is -2.41. The summed E-state index contributed by atoms with van der Waals surface area (Å²) < 4.78 is 18.7. The number of nitrogens with one attached hydrogen (secondary N) is 1. The highest BCUT2D eigenvalue weighted by atomic mass is 19.1. The minimum absolute atomic E-state index is 0.0712. The molecular weight excluding hydrogens is 383 g/mol. The maximum absolute atomic E-state index is 13.2. The second-order valence-corrected chi connectivity index (χ2v) is 7.62. The number of unbranched alkanes of at least 4 members (excludes halogenated alkanes) is 1. The molecule has 1 heterocycles. The summed E-state index contributed by atoms with van der Waals surface area (Å²) in [7, 11) is 1.60. The predicted octanol–water partition coefficient (Wildman–Crippen LogP) is 4.23. The van der Waals surface area contributed by atoms with E-state index in [1.807, 2.05) is 29.2 Å². The van der Waals surface area contributed by atoms with Crippen LogP contribution in [0, 0.1) is 11.7 Å². The van der Waals surface area contributed by atoms with Crippen molar-refractivity contribution in [1.82, 2.24) is 10.2 Å². The molecule has 0 bridgehead atoms. The van der Waals surface area contributed by atoms with Gasteiger partial charge >= 0.3 is 0 Å². The molecule has 1 aliphatic heterocycles. The monoisotopic (exact) mass is 412 g/mol. The zero-order valence-electron chi connectivity index (χ0n) is 17.6. The van der Waals surface area contributed by atoms with Crippen molar-refractivity contribution in [1.29, 1.82) is 0 Å². The summed E-state index contributed by atoms with van der Waals surface area (Å²) >= 11 is 0. The Labute approximate surface area is 177 Å². The van der Waals surface area contributed by atoms with Crippen LogP contribution in [0.2, 0.25) is 0 Å². The summed E-state index contributed by atoms with van der Waals surface area (Å²) in [5, 5.41) is 2.98. The van der Waals surface area contributed by atoms with Gasteiger partial charge in [-0.05, 0) is 36.6 Å². The second-order valence-electron chi connectivity index (χ2n) is 7.62. The van der Waals surface area contributed by atoms with Crippen molar-refractivity contribution >= 4 is 11.8 Å². The summed E-state index contributed by atoms with van der Waals surface area (Å²) in [5.41, 5.74) is 1.68. The fourth-order valence-corrected chi connectivity index (χ4v) is 4.04. The van der Waals surface area contributed by atoms with Gasteiger partial charge in [-0.2, -0.15) is 0 Å². The number of amides is 2. The van der Waals surface area contributed by atoms with Gasteiger partial charge in [-0.3, -0.25) is 9.59 Å². The van der Waals surface area contributed by atoms with Gasteiger partial charge < -0.3 is 15.0 Å². The van der Waals surface area contributed by atoms with Crippen molar-refractivity contribution < 1.29 is 18.7 Å². The van der Waals surface area contributed by atoms with Gasteiger partial charge in [0.1, 0.15) is 11.6 Å². The number of piperidine rings is 1. The molecular formula is C24H29FN2O3. The van der Waals surface area contributed by atoms with E-state index in [9.17, 15) is 14.0 Å². The van der Waals surface area contributed by atoms with E-state index in [4.69, 9.17) is 4.74 Å². The molecule has 0 aromatic heterocycles. The van der Waals surface area contributed by atoms with E-state index < -0.39 is 0 Å². The van der Waals surface area contributed by atoms with Crippen LogP contribution >= 0.6 is 0 Å². The Morgan fingerprint density at radius 2 is 1.93 bits per heavy atom. The van der Waals surface area contributed by atoms with Crippen molar-refractivity contribution in [3.05, 3.63) is 65.5 Å². The van der Waals surface area contributed by atoms with Gasteiger partial charge in [0, 0.05) is 25.1 Å². The Bertz CT molecular complexity index is 869. The van der Waals surface area contributed by atoms with Crippen molar-refractivity contribution in [2.45, 2.75) is 45.2 Å². The van der Waals surface area contributed by atoms with Crippen LogP contribution in [0.4, 0.5) is 4.39 Å². The molecule has 2 amide bonds. The second kappa shape index (κ2) is 10.2. The Kier molecular flexibility index (Phi) is 7.44. The van der Waals surface area contributed by atoms with Crippen molar-refractivity contribution in [2.75, 3.05) is 13.7 Å². The summed E-state index contributed by atoms with van der Waals surface area (Å²) in [6.45, 7) is 3.01. The molecule has 2 aromatic carbocycles. The Morgan fingerprint density at radius 1 is 1.20 bits per heavy atom. The maximum Gasteiger partial charge on any atom is 0.225 e. The topological polar surface area (TPSA) is 58.6 Å². The lowest BCUT2D eigenvalue weighted by Crippen LogP contribution is -2.48.